The Morgan fingerprint density at radius 3 is 3.00 bits per heavy atom. The van der Waals surface area contributed by atoms with Crippen molar-refractivity contribution in [1.29, 1.82) is 0 Å². The minimum atomic E-state index is -0.388. The molecule has 1 saturated heterocycles. The SMILES string of the molecule is CC(CC1CCCN1)Nc1ccc([N+](=O)[O-])cc1Br. The zero-order valence-corrected chi connectivity index (χ0v) is 12.4. The van der Waals surface area contributed by atoms with Crippen molar-refractivity contribution in [2.45, 2.75) is 38.3 Å². The van der Waals surface area contributed by atoms with Crippen molar-refractivity contribution in [3.8, 4) is 0 Å². The molecule has 1 aliphatic heterocycles. The summed E-state index contributed by atoms with van der Waals surface area (Å²) in [7, 11) is 0. The first-order valence-electron chi connectivity index (χ1n) is 6.50. The van der Waals surface area contributed by atoms with Crippen LogP contribution in [0.4, 0.5) is 11.4 Å². The van der Waals surface area contributed by atoms with Crippen LogP contribution in [0.1, 0.15) is 26.2 Å². The minimum absolute atomic E-state index is 0.0996. The third-order valence-corrected chi connectivity index (χ3v) is 4.02. The molecule has 2 rings (SSSR count). The molecule has 5 nitrogen and oxygen atoms in total. The summed E-state index contributed by atoms with van der Waals surface area (Å²) < 4.78 is 0.730. The molecule has 2 atom stereocenters. The predicted molar refractivity (Wildman–Crippen MR) is 79.5 cm³/mol. The number of anilines is 1. The average Bonchev–Trinajstić information content (AvgIpc) is 2.84. The van der Waals surface area contributed by atoms with E-state index in [4.69, 9.17) is 0 Å². The molecule has 104 valence electrons. The molecule has 1 aromatic rings. The fourth-order valence-electron chi connectivity index (χ4n) is 2.44. The molecule has 19 heavy (non-hydrogen) atoms. The lowest BCUT2D eigenvalue weighted by atomic mass is 10.1. The maximum atomic E-state index is 10.7. The van der Waals surface area contributed by atoms with Crippen LogP contribution < -0.4 is 10.6 Å². The van der Waals surface area contributed by atoms with Gasteiger partial charge >= 0.3 is 0 Å². The molecule has 0 aliphatic carbocycles. The Kier molecular flexibility index (Phi) is 4.76. The molecule has 2 unspecified atom stereocenters. The van der Waals surface area contributed by atoms with Crippen LogP contribution in [0, 0.1) is 10.1 Å². The van der Waals surface area contributed by atoms with Crippen molar-refractivity contribution >= 4 is 27.3 Å². The van der Waals surface area contributed by atoms with Crippen LogP contribution in [0.2, 0.25) is 0 Å². The largest absolute Gasteiger partial charge is 0.382 e. The van der Waals surface area contributed by atoms with Gasteiger partial charge in [0.25, 0.3) is 5.69 Å². The Morgan fingerprint density at radius 1 is 1.63 bits per heavy atom. The monoisotopic (exact) mass is 327 g/mol. The van der Waals surface area contributed by atoms with Crippen LogP contribution in [0.5, 0.6) is 0 Å². The van der Waals surface area contributed by atoms with E-state index in [9.17, 15) is 10.1 Å². The number of nitrogens with one attached hydrogen (secondary N) is 2. The zero-order valence-electron chi connectivity index (χ0n) is 10.9. The van der Waals surface area contributed by atoms with E-state index in [1.165, 1.54) is 25.0 Å². The lowest BCUT2D eigenvalue weighted by Gasteiger charge is -2.20. The van der Waals surface area contributed by atoms with Crippen molar-refractivity contribution in [2.75, 3.05) is 11.9 Å². The molecule has 1 heterocycles. The van der Waals surface area contributed by atoms with Gasteiger partial charge in [0.1, 0.15) is 0 Å². The summed E-state index contributed by atoms with van der Waals surface area (Å²) in [5.74, 6) is 0. The summed E-state index contributed by atoms with van der Waals surface area (Å²) >= 11 is 3.37. The second-order valence-corrected chi connectivity index (χ2v) is 5.85. The standard InChI is InChI=1S/C13H18BrN3O2/c1-9(7-10-3-2-6-15-10)16-13-5-4-11(17(18)19)8-12(13)14/h4-5,8-10,15-16H,2-3,6-7H2,1H3. The summed E-state index contributed by atoms with van der Waals surface area (Å²) in [4.78, 5) is 10.3. The topological polar surface area (TPSA) is 67.2 Å². The number of benzene rings is 1. The molecular weight excluding hydrogens is 310 g/mol. The van der Waals surface area contributed by atoms with Crippen molar-refractivity contribution in [1.82, 2.24) is 5.32 Å². The average molecular weight is 328 g/mol. The number of rotatable bonds is 5. The number of nitro benzene ring substituents is 1. The first-order chi connectivity index (χ1) is 9.06. The number of nitrogens with zero attached hydrogens (tertiary/aromatic N) is 1. The van der Waals surface area contributed by atoms with Crippen LogP contribution in [0.25, 0.3) is 0 Å². The van der Waals surface area contributed by atoms with Gasteiger partial charge in [-0.3, -0.25) is 10.1 Å². The molecule has 0 amide bonds. The van der Waals surface area contributed by atoms with E-state index in [1.807, 2.05) is 0 Å². The van der Waals surface area contributed by atoms with Gasteiger partial charge in [0.2, 0.25) is 0 Å². The second-order valence-electron chi connectivity index (χ2n) is 5.00. The van der Waals surface area contributed by atoms with E-state index in [-0.39, 0.29) is 10.6 Å². The maximum Gasteiger partial charge on any atom is 0.270 e. The first kappa shape index (κ1) is 14.3. The molecular formula is C13H18BrN3O2. The molecule has 0 saturated carbocycles. The van der Waals surface area contributed by atoms with E-state index < -0.39 is 0 Å². The van der Waals surface area contributed by atoms with Crippen molar-refractivity contribution in [3.05, 3.63) is 32.8 Å². The molecule has 2 N–H and O–H groups in total. The van der Waals surface area contributed by atoms with E-state index in [0.29, 0.717) is 12.1 Å². The number of nitro groups is 1. The van der Waals surface area contributed by atoms with E-state index in [1.54, 1.807) is 6.07 Å². The second kappa shape index (κ2) is 6.34. The van der Waals surface area contributed by atoms with Gasteiger partial charge in [0, 0.05) is 34.4 Å². The number of hydrogen-bond donors (Lipinski definition) is 2. The minimum Gasteiger partial charge on any atom is -0.382 e. The van der Waals surface area contributed by atoms with Gasteiger partial charge in [-0.15, -0.1) is 0 Å². The fourth-order valence-corrected chi connectivity index (χ4v) is 2.92. The Hall–Kier alpha value is -1.14. The summed E-state index contributed by atoms with van der Waals surface area (Å²) in [6, 6.07) is 5.71. The van der Waals surface area contributed by atoms with Gasteiger partial charge in [0.15, 0.2) is 0 Å². The van der Waals surface area contributed by atoms with Crippen LogP contribution in [-0.2, 0) is 0 Å². The lowest BCUT2D eigenvalue weighted by molar-refractivity contribution is -0.384. The fraction of sp³-hybridized carbons (Fsp3) is 0.538. The predicted octanol–water partition coefficient (Wildman–Crippen LogP) is 3.30. The summed E-state index contributed by atoms with van der Waals surface area (Å²) in [6.45, 7) is 3.24. The molecule has 1 aromatic carbocycles. The Morgan fingerprint density at radius 2 is 2.42 bits per heavy atom. The molecule has 0 radical (unpaired) electrons. The quantitative estimate of drug-likeness (QED) is 0.643. The third kappa shape index (κ3) is 3.91. The Labute approximate surface area is 121 Å². The molecule has 0 spiro atoms. The summed E-state index contributed by atoms with van der Waals surface area (Å²) in [5.41, 5.74) is 0.999. The normalized spacial score (nSPS) is 20.2. The highest BCUT2D eigenvalue weighted by Gasteiger charge is 2.17. The Bertz CT molecular complexity index is 461. The lowest BCUT2D eigenvalue weighted by Crippen LogP contribution is -2.29. The van der Waals surface area contributed by atoms with Gasteiger partial charge in [-0.25, -0.2) is 0 Å². The van der Waals surface area contributed by atoms with Crippen molar-refractivity contribution < 1.29 is 4.92 Å². The molecule has 1 aliphatic rings. The first-order valence-corrected chi connectivity index (χ1v) is 7.29. The van der Waals surface area contributed by atoms with Gasteiger partial charge in [0.05, 0.1) is 4.92 Å². The summed E-state index contributed by atoms with van der Waals surface area (Å²) in [6.07, 6.45) is 3.54. The molecule has 1 fully saturated rings. The van der Waals surface area contributed by atoms with Gasteiger partial charge in [-0.2, -0.15) is 0 Å². The number of halogens is 1. The Balaban J connectivity index is 1.96. The zero-order chi connectivity index (χ0) is 13.8. The number of non-ortho nitro benzene ring substituents is 1. The van der Waals surface area contributed by atoms with Gasteiger partial charge in [-0.05, 0) is 54.7 Å². The maximum absolute atomic E-state index is 10.7. The third-order valence-electron chi connectivity index (χ3n) is 3.37. The summed E-state index contributed by atoms with van der Waals surface area (Å²) in [5, 5.41) is 17.5. The highest BCUT2D eigenvalue weighted by molar-refractivity contribution is 9.10. The smallest absolute Gasteiger partial charge is 0.270 e. The van der Waals surface area contributed by atoms with E-state index >= 15 is 0 Å². The molecule has 0 bridgehead atoms. The number of hydrogen-bond acceptors (Lipinski definition) is 4. The van der Waals surface area contributed by atoms with Crippen molar-refractivity contribution in [3.63, 3.8) is 0 Å². The molecule has 6 heteroatoms. The van der Waals surface area contributed by atoms with Gasteiger partial charge < -0.3 is 10.6 Å². The van der Waals surface area contributed by atoms with E-state index in [2.05, 4.69) is 33.5 Å². The van der Waals surface area contributed by atoms with Crippen LogP contribution in [0.3, 0.4) is 0 Å². The van der Waals surface area contributed by atoms with Crippen LogP contribution in [-0.4, -0.2) is 23.6 Å². The molecule has 0 aromatic heterocycles. The van der Waals surface area contributed by atoms with Crippen molar-refractivity contribution in [2.24, 2.45) is 0 Å². The van der Waals surface area contributed by atoms with E-state index in [0.717, 1.165) is 23.1 Å². The highest BCUT2D eigenvalue weighted by atomic mass is 79.9. The van der Waals surface area contributed by atoms with Crippen LogP contribution >= 0.6 is 15.9 Å². The highest BCUT2D eigenvalue weighted by Crippen LogP contribution is 2.28. The van der Waals surface area contributed by atoms with Gasteiger partial charge in [-0.1, -0.05) is 0 Å². The van der Waals surface area contributed by atoms with Crippen LogP contribution in [0.15, 0.2) is 22.7 Å².